The van der Waals surface area contributed by atoms with Gasteiger partial charge in [0.05, 0.1) is 13.7 Å². The van der Waals surface area contributed by atoms with Gasteiger partial charge >= 0.3 is 0 Å². The lowest BCUT2D eigenvalue weighted by molar-refractivity contribution is -0.0176. The van der Waals surface area contributed by atoms with Gasteiger partial charge in [0.15, 0.2) is 6.79 Å². The third-order valence-corrected chi connectivity index (χ3v) is 5.70. The molecule has 4 rings (SSSR count). The lowest BCUT2D eigenvalue weighted by atomic mass is 10.1. The molecular weight excluding hydrogens is 376 g/mol. The maximum atomic E-state index is 6.30. The maximum absolute atomic E-state index is 6.30. The van der Waals surface area contributed by atoms with Gasteiger partial charge in [-0.15, -0.1) is 0 Å². The molecule has 2 aliphatic rings. The van der Waals surface area contributed by atoms with Crippen LogP contribution in [0.15, 0.2) is 36.4 Å². The van der Waals surface area contributed by atoms with E-state index in [4.69, 9.17) is 25.8 Å². The smallest absolute Gasteiger partial charge is 0.189 e. The minimum atomic E-state index is 0.320. The third-order valence-electron chi connectivity index (χ3n) is 5.49. The van der Waals surface area contributed by atoms with Crippen LogP contribution in [0.2, 0.25) is 5.02 Å². The van der Waals surface area contributed by atoms with Crippen LogP contribution in [-0.4, -0.2) is 56.4 Å². The molecule has 0 radical (unpaired) electrons. The quantitative estimate of drug-likeness (QED) is 0.737. The zero-order valence-electron chi connectivity index (χ0n) is 16.3. The number of halogens is 1. The zero-order chi connectivity index (χ0) is 19.3. The van der Waals surface area contributed by atoms with Crippen LogP contribution >= 0.6 is 11.6 Å². The van der Waals surface area contributed by atoms with E-state index >= 15 is 0 Å². The number of piperazine rings is 1. The SMILES string of the molecule is COc1ccc(CCN2CCN(Cc3cc(Cl)cc4c3OCOC4)CC2)cc1. The van der Waals surface area contributed by atoms with Crippen LogP contribution in [0.3, 0.4) is 0 Å². The second-order valence-corrected chi connectivity index (χ2v) is 7.82. The van der Waals surface area contributed by atoms with Gasteiger partial charge in [0.25, 0.3) is 0 Å². The van der Waals surface area contributed by atoms with Crippen LogP contribution in [0.4, 0.5) is 0 Å². The summed E-state index contributed by atoms with van der Waals surface area (Å²) in [7, 11) is 1.70. The number of benzene rings is 2. The van der Waals surface area contributed by atoms with Crippen LogP contribution in [0.1, 0.15) is 16.7 Å². The van der Waals surface area contributed by atoms with Crippen molar-refractivity contribution in [3.05, 3.63) is 58.1 Å². The van der Waals surface area contributed by atoms with Crippen LogP contribution in [0.25, 0.3) is 0 Å². The van der Waals surface area contributed by atoms with Crippen molar-refractivity contribution in [3.8, 4) is 11.5 Å². The van der Waals surface area contributed by atoms with Gasteiger partial charge in [-0.05, 0) is 36.2 Å². The van der Waals surface area contributed by atoms with Crippen molar-refractivity contribution in [3.63, 3.8) is 0 Å². The Morgan fingerprint density at radius 3 is 2.54 bits per heavy atom. The Hall–Kier alpha value is -1.79. The molecule has 2 heterocycles. The van der Waals surface area contributed by atoms with Crippen molar-refractivity contribution >= 4 is 11.6 Å². The number of methoxy groups -OCH3 is 1. The maximum Gasteiger partial charge on any atom is 0.189 e. The van der Waals surface area contributed by atoms with Crippen LogP contribution in [0, 0.1) is 0 Å². The normalized spacial score (nSPS) is 17.8. The predicted octanol–water partition coefficient (Wildman–Crippen LogP) is 3.58. The Morgan fingerprint density at radius 2 is 1.79 bits per heavy atom. The first-order chi connectivity index (χ1) is 13.7. The lowest BCUT2D eigenvalue weighted by Gasteiger charge is -2.35. The molecule has 1 fully saturated rings. The Bertz CT molecular complexity index is 789. The van der Waals surface area contributed by atoms with Crippen LogP contribution < -0.4 is 9.47 Å². The Labute approximate surface area is 171 Å². The van der Waals surface area contributed by atoms with Gasteiger partial charge in [0.2, 0.25) is 0 Å². The molecule has 150 valence electrons. The monoisotopic (exact) mass is 402 g/mol. The standard InChI is InChI=1S/C22H27ClN2O3/c1-26-21-4-2-17(3-5-21)6-7-24-8-10-25(11-9-24)14-18-12-20(23)13-19-15-27-16-28-22(18)19/h2-5,12-13H,6-11,14-16H2,1H3. The number of hydrogen-bond donors (Lipinski definition) is 0. The van der Waals surface area contributed by atoms with E-state index in [1.165, 1.54) is 5.56 Å². The molecule has 0 saturated carbocycles. The molecule has 0 bridgehead atoms. The molecule has 6 heteroatoms. The number of rotatable bonds is 6. The molecule has 1 saturated heterocycles. The van der Waals surface area contributed by atoms with Crippen molar-refractivity contribution in [2.75, 3.05) is 46.6 Å². The Kier molecular flexibility index (Phi) is 6.37. The summed E-state index contributed by atoms with van der Waals surface area (Å²) in [5.41, 5.74) is 3.57. The summed E-state index contributed by atoms with van der Waals surface area (Å²) in [6.45, 7) is 7.14. The van der Waals surface area contributed by atoms with Crippen LogP contribution in [-0.2, 0) is 24.3 Å². The molecule has 0 aromatic heterocycles. The van der Waals surface area contributed by atoms with E-state index < -0.39 is 0 Å². The van der Waals surface area contributed by atoms with E-state index in [9.17, 15) is 0 Å². The average molecular weight is 403 g/mol. The molecule has 0 atom stereocenters. The summed E-state index contributed by atoms with van der Waals surface area (Å²) in [6.07, 6.45) is 1.07. The molecule has 2 aliphatic heterocycles. The van der Waals surface area contributed by atoms with Crippen molar-refractivity contribution in [2.24, 2.45) is 0 Å². The van der Waals surface area contributed by atoms with Gasteiger partial charge in [-0.2, -0.15) is 0 Å². The summed E-state index contributed by atoms with van der Waals surface area (Å²) < 4.78 is 16.4. The van der Waals surface area contributed by atoms with Crippen molar-refractivity contribution < 1.29 is 14.2 Å². The van der Waals surface area contributed by atoms with E-state index in [1.54, 1.807) is 7.11 Å². The van der Waals surface area contributed by atoms with E-state index in [0.29, 0.717) is 13.4 Å². The van der Waals surface area contributed by atoms with Gasteiger partial charge < -0.3 is 19.1 Å². The van der Waals surface area contributed by atoms with Gasteiger partial charge in [0.1, 0.15) is 11.5 Å². The molecule has 28 heavy (non-hydrogen) atoms. The summed E-state index contributed by atoms with van der Waals surface area (Å²) in [5.74, 6) is 1.87. The summed E-state index contributed by atoms with van der Waals surface area (Å²) in [6, 6.07) is 12.3. The lowest BCUT2D eigenvalue weighted by Crippen LogP contribution is -2.46. The average Bonchev–Trinajstić information content (AvgIpc) is 2.73. The molecule has 2 aromatic rings. The molecule has 0 aliphatic carbocycles. The fourth-order valence-corrected chi connectivity index (χ4v) is 4.13. The fraction of sp³-hybridized carbons (Fsp3) is 0.455. The largest absolute Gasteiger partial charge is 0.497 e. The Balaban J connectivity index is 1.28. The van der Waals surface area contributed by atoms with E-state index in [0.717, 1.165) is 73.3 Å². The first-order valence-corrected chi connectivity index (χ1v) is 10.2. The number of ether oxygens (including phenoxy) is 3. The first-order valence-electron chi connectivity index (χ1n) is 9.81. The first kappa shape index (κ1) is 19.5. The summed E-state index contributed by atoms with van der Waals surface area (Å²) >= 11 is 6.30. The van der Waals surface area contributed by atoms with Gasteiger partial charge in [-0.3, -0.25) is 4.90 Å². The topological polar surface area (TPSA) is 34.2 Å². The van der Waals surface area contributed by atoms with Crippen LogP contribution in [0.5, 0.6) is 11.5 Å². The molecule has 0 spiro atoms. The van der Waals surface area contributed by atoms with Gasteiger partial charge in [-0.25, -0.2) is 0 Å². The highest BCUT2D eigenvalue weighted by Gasteiger charge is 2.21. The summed E-state index contributed by atoms with van der Waals surface area (Å²) in [5, 5.41) is 0.751. The predicted molar refractivity (Wildman–Crippen MR) is 110 cm³/mol. The minimum Gasteiger partial charge on any atom is -0.497 e. The third kappa shape index (κ3) is 4.78. The fourth-order valence-electron chi connectivity index (χ4n) is 3.87. The van der Waals surface area contributed by atoms with Crippen molar-refractivity contribution in [1.29, 1.82) is 0 Å². The minimum absolute atomic E-state index is 0.320. The highest BCUT2D eigenvalue weighted by atomic mass is 35.5. The number of nitrogens with zero attached hydrogens (tertiary/aromatic N) is 2. The van der Waals surface area contributed by atoms with Crippen molar-refractivity contribution in [1.82, 2.24) is 9.80 Å². The highest BCUT2D eigenvalue weighted by Crippen LogP contribution is 2.32. The molecule has 0 unspecified atom stereocenters. The van der Waals surface area contributed by atoms with Gasteiger partial charge in [0, 0.05) is 55.4 Å². The van der Waals surface area contributed by atoms with E-state index in [2.05, 4.69) is 21.9 Å². The molecular formula is C22H27ClN2O3. The summed E-state index contributed by atoms with van der Waals surface area (Å²) in [4.78, 5) is 5.02. The molecule has 0 amide bonds. The Morgan fingerprint density at radius 1 is 1.04 bits per heavy atom. The number of fused-ring (bicyclic) bond motifs is 1. The second kappa shape index (κ2) is 9.14. The highest BCUT2D eigenvalue weighted by molar-refractivity contribution is 6.30. The number of hydrogen-bond acceptors (Lipinski definition) is 5. The van der Waals surface area contributed by atoms with Crippen molar-refractivity contribution in [2.45, 2.75) is 19.6 Å². The van der Waals surface area contributed by atoms with Gasteiger partial charge in [-0.1, -0.05) is 23.7 Å². The molecule has 2 aromatic carbocycles. The van der Waals surface area contributed by atoms with E-state index in [-0.39, 0.29) is 0 Å². The van der Waals surface area contributed by atoms with E-state index in [1.807, 2.05) is 24.3 Å². The molecule has 0 N–H and O–H groups in total. The molecule has 5 nitrogen and oxygen atoms in total. The second-order valence-electron chi connectivity index (χ2n) is 7.38. The zero-order valence-corrected chi connectivity index (χ0v) is 17.1.